The first-order valence-corrected chi connectivity index (χ1v) is 8.97. The Morgan fingerprint density at radius 2 is 1.85 bits per heavy atom. The van der Waals surface area contributed by atoms with Gasteiger partial charge in [0.15, 0.2) is 0 Å². The molecule has 4 atom stereocenters. The standard InChI is InChI=1S/C14H25NO4S/c1-14(2,3)6-7-20(18,19)15-12-10-5-4-9(8-10)11(12)13(16)17/h9-12,15H,4-8H2,1-3H3,(H,16,17). The Morgan fingerprint density at radius 3 is 2.40 bits per heavy atom. The Morgan fingerprint density at radius 1 is 1.25 bits per heavy atom. The van der Waals surface area contributed by atoms with E-state index >= 15 is 0 Å². The van der Waals surface area contributed by atoms with E-state index in [2.05, 4.69) is 4.72 Å². The third-order valence-corrected chi connectivity index (χ3v) is 6.01. The highest BCUT2D eigenvalue weighted by atomic mass is 32.2. The summed E-state index contributed by atoms with van der Waals surface area (Å²) >= 11 is 0. The van der Waals surface area contributed by atoms with E-state index in [1.165, 1.54) is 0 Å². The molecule has 5 nitrogen and oxygen atoms in total. The van der Waals surface area contributed by atoms with Gasteiger partial charge in [-0.05, 0) is 42.9 Å². The lowest BCUT2D eigenvalue weighted by atomic mass is 9.85. The second-order valence-electron chi connectivity index (χ2n) is 7.47. The van der Waals surface area contributed by atoms with Gasteiger partial charge in [-0.15, -0.1) is 0 Å². The number of rotatable bonds is 5. The van der Waals surface area contributed by atoms with E-state index in [0.29, 0.717) is 6.42 Å². The first-order valence-electron chi connectivity index (χ1n) is 7.32. The van der Waals surface area contributed by atoms with Gasteiger partial charge in [0.1, 0.15) is 0 Å². The van der Waals surface area contributed by atoms with Crippen molar-refractivity contribution in [1.29, 1.82) is 0 Å². The van der Waals surface area contributed by atoms with E-state index in [9.17, 15) is 18.3 Å². The van der Waals surface area contributed by atoms with E-state index in [0.717, 1.165) is 19.3 Å². The third kappa shape index (κ3) is 3.52. The van der Waals surface area contributed by atoms with Crippen molar-refractivity contribution in [3.63, 3.8) is 0 Å². The molecule has 2 aliphatic rings. The molecule has 0 aromatic rings. The van der Waals surface area contributed by atoms with Crippen molar-refractivity contribution < 1.29 is 18.3 Å². The average Bonchev–Trinajstić information content (AvgIpc) is 2.85. The van der Waals surface area contributed by atoms with Crippen LogP contribution in [0.3, 0.4) is 0 Å². The highest BCUT2D eigenvalue weighted by Gasteiger charge is 2.52. The van der Waals surface area contributed by atoms with Gasteiger partial charge in [0.25, 0.3) is 0 Å². The van der Waals surface area contributed by atoms with E-state index in [4.69, 9.17) is 0 Å². The molecule has 0 aromatic heterocycles. The quantitative estimate of drug-likeness (QED) is 0.812. The van der Waals surface area contributed by atoms with Crippen LogP contribution >= 0.6 is 0 Å². The molecule has 0 saturated heterocycles. The predicted molar refractivity (Wildman–Crippen MR) is 76.7 cm³/mol. The van der Waals surface area contributed by atoms with Gasteiger partial charge in [-0.3, -0.25) is 4.79 Å². The van der Waals surface area contributed by atoms with Gasteiger partial charge in [-0.25, -0.2) is 13.1 Å². The molecule has 6 heteroatoms. The molecule has 2 bridgehead atoms. The maximum absolute atomic E-state index is 12.2. The minimum atomic E-state index is -3.40. The average molecular weight is 303 g/mol. The molecule has 20 heavy (non-hydrogen) atoms. The number of carboxylic acids is 1. The van der Waals surface area contributed by atoms with Crippen LogP contribution in [0.2, 0.25) is 0 Å². The van der Waals surface area contributed by atoms with Crippen LogP contribution in [0.4, 0.5) is 0 Å². The van der Waals surface area contributed by atoms with Crippen LogP contribution in [0.1, 0.15) is 46.5 Å². The zero-order valence-electron chi connectivity index (χ0n) is 12.4. The van der Waals surface area contributed by atoms with Crippen LogP contribution in [0.15, 0.2) is 0 Å². The number of carbonyl (C=O) groups is 1. The summed E-state index contributed by atoms with van der Waals surface area (Å²) in [6, 6.07) is -0.406. The fraction of sp³-hybridized carbons (Fsp3) is 0.929. The van der Waals surface area contributed by atoms with Gasteiger partial charge in [-0.1, -0.05) is 20.8 Å². The molecule has 0 spiro atoms. The summed E-state index contributed by atoms with van der Waals surface area (Å²) < 4.78 is 27.0. The molecule has 0 heterocycles. The largest absolute Gasteiger partial charge is 0.481 e. The van der Waals surface area contributed by atoms with Crippen LogP contribution in [-0.4, -0.2) is 31.3 Å². The third-order valence-electron chi connectivity index (χ3n) is 4.64. The molecule has 116 valence electrons. The summed E-state index contributed by atoms with van der Waals surface area (Å²) in [5.41, 5.74) is -0.0460. The highest BCUT2D eigenvalue weighted by Crippen LogP contribution is 2.48. The lowest BCUT2D eigenvalue weighted by Gasteiger charge is -2.29. The number of aliphatic carboxylic acids is 1. The number of nitrogens with one attached hydrogen (secondary N) is 1. The Bertz CT molecular complexity index is 480. The topological polar surface area (TPSA) is 83.5 Å². The molecular formula is C14H25NO4S. The molecule has 2 aliphatic carbocycles. The fourth-order valence-electron chi connectivity index (χ4n) is 3.52. The van der Waals surface area contributed by atoms with Gasteiger partial charge in [0.2, 0.25) is 10.0 Å². The Labute approximate surface area is 121 Å². The predicted octanol–water partition coefficient (Wildman–Crippen LogP) is 1.84. The van der Waals surface area contributed by atoms with Crippen molar-refractivity contribution in [2.75, 3.05) is 5.75 Å². The van der Waals surface area contributed by atoms with Gasteiger partial charge < -0.3 is 5.11 Å². The van der Waals surface area contributed by atoms with Gasteiger partial charge in [-0.2, -0.15) is 0 Å². The minimum absolute atomic E-state index is 0.0460. The molecule has 2 saturated carbocycles. The van der Waals surface area contributed by atoms with Crippen LogP contribution < -0.4 is 4.72 Å². The first kappa shape index (κ1) is 15.8. The Kier molecular flexibility index (Phi) is 4.17. The molecule has 0 radical (unpaired) electrons. The summed E-state index contributed by atoms with van der Waals surface area (Å²) in [6.07, 6.45) is 3.28. The van der Waals surface area contributed by atoms with Gasteiger partial charge >= 0.3 is 5.97 Å². The van der Waals surface area contributed by atoms with Crippen molar-refractivity contribution in [2.45, 2.75) is 52.5 Å². The summed E-state index contributed by atoms with van der Waals surface area (Å²) in [4.78, 5) is 11.4. The Hall–Kier alpha value is -0.620. The molecule has 0 aliphatic heterocycles. The molecule has 2 N–H and O–H groups in total. The zero-order chi connectivity index (χ0) is 15.1. The zero-order valence-corrected chi connectivity index (χ0v) is 13.2. The lowest BCUT2D eigenvalue weighted by Crippen LogP contribution is -2.47. The first-order chi connectivity index (χ1) is 9.09. The van der Waals surface area contributed by atoms with Crippen molar-refractivity contribution in [3.05, 3.63) is 0 Å². The second-order valence-corrected chi connectivity index (χ2v) is 9.34. The van der Waals surface area contributed by atoms with E-state index < -0.39 is 28.0 Å². The monoisotopic (exact) mass is 303 g/mol. The molecular weight excluding hydrogens is 278 g/mol. The molecule has 0 aromatic carbocycles. The van der Waals surface area contributed by atoms with Crippen LogP contribution in [0, 0.1) is 23.2 Å². The molecule has 2 fully saturated rings. The SMILES string of the molecule is CC(C)(C)CCS(=O)(=O)NC1C2CCC(C2)C1C(=O)O. The maximum Gasteiger partial charge on any atom is 0.308 e. The molecule has 4 unspecified atom stereocenters. The highest BCUT2D eigenvalue weighted by molar-refractivity contribution is 7.89. The van der Waals surface area contributed by atoms with Crippen LogP contribution in [0.25, 0.3) is 0 Å². The summed E-state index contributed by atoms with van der Waals surface area (Å²) in [5.74, 6) is -0.992. The molecule has 0 amide bonds. The van der Waals surface area contributed by atoms with E-state index in [1.54, 1.807) is 0 Å². The van der Waals surface area contributed by atoms with Crippen LogP contribution in [-0.2, 0) is 14.8 Å². The van der Waals surface area contributed by atoms with Crippen molar-refractivity contribution in [3.8, 4) is 0 Å². The van der Waals surface area contributed by atoms with Crippen molar-refractivity contribution >= 4 is 16.0 Å². The van der Waals surface area contributed by atoms with Crippen molar-refractivity contribution in [2.24, 2.45) is 23.2 Å². The smallest absolute Gasteiger partial charge is 0.308 e. The summed E-state index contributed by atoms with van der Waals surface area (Å²) in [6.45, 7) is 6.00. The number of carboxylic acid groups (broad SMARTS) is 1. The fourth-order valence-corrected chi connectivity index (χ4v) is 5.28. The second kappa shape index (κ2) is 5.30. The molecule has 2 rings (SSSR count). The van der Waals surface area contributed by atoms with E-state index in [1.807, 2.05) is 20.8 Å². The lowest BCUT2D eigenvalue weighted by molar-refractivity contribution is -0.144. The van der Waals surface area contributed by atoms with Gasteiger partial charge in [0.05, 0.1) is 11.7 Å². The number of fused-ring (bicyclic) bond motifs is 2. The summed E-state index contributed by atoms with van der Waals surface area (Å²) in [5, 5.41) is 9.33. The number of hydrogen-bond donors (Lipinski definition) is 2. The summed E-state index contributed by atoms with van der Waals surface area (Å²) in [7, 11) is -3.40. The number of sulfonamides is 1. The normalized spacial score (nSPS) is 33.5. The number of hydrogen-bond acceptors (Lipinski definition) is 3. The van der Waals surface area contributed by atoms with Crippen LogP contribution in [0.5, 0.6) is 0 Å². The van der Waals surface area contributed by atoms with Crippen molar-refractivity contribution in [1.82, 2.24) is 4.72 Å². The maximum atomic E-state index is 12.2. The van der Waals surface area contributed by atoms with E-state index in [-0.39, 0.29) is 23.0 Å². The Balaban J connectivity index is 2.03. The minimum Gasteiger partial charge on any atom is -0.481 e. The van der Waals surface area contributed by atoms with Gasteiger partial charge in [0, 0.05) is 6.04 Å².